The van der Waals surface area contributed by atoms with Gasteiger partial charge in [0.25, 0.3) is 0 Å². The van der Waals surface area contributed by atoms with Gasteiger partial charge in [-0.2, -0.15) is 5.26 Å². The van der Waals surface area contributed by atoms with Crippen LogP contribution in [0.1, 0.15) is 16.7 Å². The molecule has 0 spiro atoms. The molecule has 0 N–H and O–H groups in total. The number of fused-ring (bicyclic) bond motifs is 1. The van der Waals surface area contributed by atoms with Crippen molar-refractivity contribution < 1.29 is 0 Å². The average Bonchev–Trinajstić information content (AvgIpc) is 2.93. The first-order valence-corrected chi connectivity index (χ1v) is 13.5. The summed E-state index contributed by atoms with van der Waals surface area (Å²) < 4.78 is 0. The minimum atomic E-state index is -2.13. The molecular formula is C32H24N2P+. The quantitative estimate of drug-likeness (QED) is 0.201. The average molecular weight is 468 g/mol. The van der Waals surface area contributed by atoms with Crippen LogP contribution < -0.4 is 15.9 Å². The zero-order valence-electron chi connectivity index (χ0n) is 19.5. The van der Waals surface area contributed by atoms with Crippen molar-refractivity contribution in [2.75, 3.05) is 0 Å². The summed E-state index contributed by atoms with van der Waals surface area (Å²) >= 11 is 0. The lowest BCUT2D eigenvalue weighted by molar-refractivity contribution is 1.36. The third-order valence-corrected chi connectivity index (χ3v) is 11.0. The molecule has 5 aromatic carbocycles. The van der Waals surface area contributed by atoms with Crippen molar-refractivity contribution >= 4 is 39.6 Å². The molecule has 5 rings (SSSR count). The molecule has 3 heteroatoms. The van der Waals surface area contributed by atoms with Crippen molar-refractivity contribution in [3.05, 3.63) is 143 Å². The molecule has 0 unspecified atom stereocenters. The van der Waals surface area contributed by atoms with Crippen LogP contribution in [0.4, 0.5) is 5.69 Å². The van der Waals surface area contributed by atoms with E-state index in [4.69, 9.17) is 6.57 Å². The summed E-state index contributed by atoms with van der Waals surface area (Å²) in [6.07, 6.45) is 0.727. The number of rotatable bonds is 5. The maximum absolute atomic E-state index is 10.3. The highest BCUT2D eigenvalue weighted by atomic mass is 31.2. The molecule has 0 amide bonds. The molecule has 35 heavy (non-hydrogen) atoms. The van der Waals surface area contributed by atoms with Crippen molar-refractivity contribution in [1.29, 1.82) is 5.26 Å². The van der Waals surface area contributed by atoms with Gasteiger partial charge in [-0.25, -0.2) is 4.85 Å². The molecule has 0 saturated carbocycles. The van der Waals surface area contributed by atoms with Gasteiger partial charge in [0, 0.05) is 5.56 Å². The Hall–Kier alpha value is -4.23. The lowest BCUT2D eigenvalue weighted by atomic mass is 9.97. The second-order valence-corrected chi connectivity index (χ2v) is 12.1. The van der Waals surface area contributed by atoms with Crippen molar-refractivity contribution in [3.63, 3.8) is 0 Å². The van der Waals surface area contributed by atoms with E-state index in [0.29, 0.717) is 11.3 Å². The summed E-state index contributed by atoms with van der Waals surface area (Å²) in [6.45, 7) is 9.62. The molecule has 0 saturated heterocycles. The molecule has 0 aliphatic carbocycles. The first kappa shape index (κ1) is 22.6. The third-order valence-electron chi connectivity index (χ3n) is 6.68. The Labute approximate surface area is 207 Å². The van der Waals surface area contributed by atoms with Crippen LogP contribution in [0.2, 0.25) is 0 Å². The second kappa shape index (κ2) is 9.56. The van der Waals surface area contributed by atoms with Gasteiger partial charge in [-0.05, 0) is 59.7 Å². The van der Waals surface area contributed by atoms with E-state index in [0.717, 1.165) is 28.1 Å². The minimum Gasteiger partial charge on any atom is -0.237 e. The Morgan fingerprint density at radius 3 is 1.63 bits per heavy atom. The van der Waals surface area contributed by atoms with Crippen molar-refractivity contribution in [3.8, 4) is 6.07 Å². The van der Waals surface area contributed by atoms with Crippen LogP contribution in [0.25, 0.3) is 15.6 Å². The Bertz CT molecular complexity index is 1480. The Morgan fingerprint density at radius 2 is 1.17 bits per heavy atom. The summed E-state index contributed by atoms with van der Waals surface area (Å²) in [5.41, 5.74) is 3.24. The SMILES string of the molecule is [C-]#[N+]c1c(C)ccc2c(C#N)c(C[P+](c3ccccc3)(c3ccccc3)c3ccccc3)ccc12. The van der Waals surface area contributed by atoms with Gasteiger partial charge in [0.05, 0.1) is 18.3 Å². The van der Waals surface area contributed by atoms with Gasteiger partial charge in [-0.15, -0.1) is 0 Å². The molecule has 0 atom stereocenters. The number of nitriles is 1. The Kier molecular flexibility index (Phi) is 6.16. The first-order chi connectivity index (χ1) is 17.2. The van der Waals surface area contributed by atoms with Gasteiger partial charge in [0.15, 0.2) is 5.69 Å². The van der Waals surface area contributed by atoms with Crippen LogP contribution in [0, 0.1) is 24.8 Å². The molecule has 0 aliphatic heterocycles. The van der Waals surface area contributed by atoms with Crippen LogP contribution in [0.3, 0.4) is 0 Å². The fraction of sp³-hybridized carbons (Fsp3) is 0.0625. The van der Waals surface area contributed by atoms with Gasteiger partial charge in [0.2, 0.25) is 0 Å². The summed E-state index contributed by atoms with van der Waals surface area (Å²) in [5, 5.41) is 15.9. The molecule has 2 nitrogen and oxygen atoms in total. The summed E-state index contributed by atoms with van der Waals surface area (Å²) in [7, 11) is -2.13. The van der Waals surface area contributed by atoms with Crippen LogP contribution in [0.5, 0.6) is 0 Å². The van der Waals surface area contributed by atoms with E-state index in [1.807, 2.05) is 25.1 Å². The third kappa shape index (κ3) is 3.90. The van der Waals surface area contributed by atoms with E-state index >= 15 is 0 Å². The smallest absolute Gasteiger partial charge is 0.197 e. The molecule has 166 valence electrons. The molecule has 0 bridgehead atoms. The monoisotopic (exact) mass is 467 g/mol. The molecule has 0 aliphatic rings. The first-order valence-electron chi connectivity index (χ1n) is 11.6. The molecule has 0 radical (unpaired) electrons. The predicted molar refractivity (Wildman–Crippen MR) is 149 cm³/mol. The number of hydrogen-bond donors (Lipinski definition) is 0. The maximum Gasteiger partial charge on any atom is 0.197 e. The van der Waals surface area contributed by atoms with E-state index in [1.165, 1.54) is 15.9 Å². The van der Waals surface area contributed by atoms with E-state index in [1.54, 1.807) is 0 Å². The van der Waals surface area contributed by atoms with Crippen LogP contribution in [-0.2, 0) is 6.16 Å². The molecular weight excluding hydrogens is 443 g/mol. The number of benzene rings is 5. The zero-order valence-corrected chi connectivity index (χ0v) is 20.4. The van der Waals surface area contributed by atoms with Gasteiger partial charge < -0.3 is 0 Å². The highest BCUT2D eigenvalue weighted by molar-refractivity contribution is 7.95. The standard InChI is InChI=1S/C32H24N2P/c1-24-18-20-29-30(32(24)34-2)21-19-25(31(29)22-33)23-35(26-12-6-3-7-13-26,27-14-8-4-9-15-27)28-16-10-5-11-17-28/h3-21H,23H2,1H3/q+1. The van der Waals surface area contributed by atoms with E-state index < -0.39 is 7.26 Å². The summed E-state index contributed by atoms with van der Waals surface area (Å²) in [5.74, 6) is 0. The predicted octanol–water partition coefficient (Wildman–Crippen LogP) is 7.06. The Morgan fingerprint density at radius 1 is 0.686 bits per heavy atom. The largest absolute Gasteiger partial charge is 0.237 e. The van der Waals surface area contributed by atoms with Crippen molar-refractivity contribution in [2.24, 2.45) is 0 Å². The summed E-state index contributed by atoms with van der Waals surface area (Å²) in [4.78, 5) is 3.77. The lowest BCUT2D eigenvalue weighted by Crippen LogP contribution is -2.32. The van der Waals surface area contributed by atoms with Crippen molar-refractivity contribution in [2.45, 2.75) is 13.1 Å². The van der Waals surface area contributed by atoms with Crippen LogP contribution in [0.15, 0.2) is 115 Å². The fourth-order valence-corrected chi connectivity index (χ4v) is 9.24. The van der Waals surface area contributed by atoms with Gasteiger partial charge >= 0.3 is 0 Å². The Balaban J connectivity index is 1.83. The number of aryl methyl sites for hydroxylation is 1. The van der Waals surface area contributed by atoms with Crippen LogP contribution >= 0.6 is 7.26 Å². The van der Waals surface area contributed by atoms with Gasteiger partial charge in [0.1, 0.15) is 29.2 Å². The highest BCUT2D eigenvalue weighted by Crippen LogP contribution is 2.58. The molecule has 5 aromatic rings. The zero-order chi connectivity index (χ0) is 24.3. The van der Waals surface area contributed by atoms with Crippen LogP contribution in [-0.4, -0.2) is 0 Å². The van der Waals surface area contributed by atoms with Crippen molar-refractivity contribution in [1.82, 2.24) is 0 Å². The minimum absolute atomic E-state index is 0.626. The van der Waals surface area contributed by atoms with E-state index in [9.17, 15) is 5.26 Å². The second-order valence-electron chi connectivity index (χ2n) is 8.62. The lowest BCUT2D eigenvalue weighted by Gasteiger charge is -2.28. The topological polar surface area (TPSA) is 28.1 Å². The molecule has 0 aromatic heterocycles. The van der Waals surface area contributed by atoms with Gasteiger partial charge in [-0.1, -0.05) is 78.9 Å². The van der Waals surface area contributed by atoms with Gasteiger partial charge in [-0.3, -0.25) is 0 Å². The summed E-state index contributed by atoms with van der Waals surface area (Å²) in [6, 6.07) is 42.7. The highest BCUT2D eigenvalue weighted by Gasteiger charge is 2.45. The maximum atomic E-state index is 10.3. The number of hydrogen-bond acceptors (Lipinski definition) is 1. The number of nitrogens with zero attached hydrogens (tertiary/aromatic N) is 2. The van der Waals surface area contributed by atoms with E-state index in [-0.39, 0.29) is 0 Å². The molecule has 0 heterocycles. The fourth-order valence-electron chi connectivity index (χ4n) is 4.98. The normalized spacial score (nSPS) is 11.1. The molecule has 0 fully saturated rings. The van der Waals surface area contributed by atoms with E-state index in [2.05, 4.69) is 108 Å².